The van der Waals surface area contributed by atoms with E-state index in [-0.39, 0.29) is 0 Å². The first-order valence-electron chi connectivity index (χ1n) is 7.95. The van der Waals surface area contributed by atoms with Crippen molar-refractivity contribution < 1.29 is 0 Å². The molecule has 0 amide bonds. The van der Waals surface area contributed by atoms with Crippen LogP contribution in [-0.2, 0) is 6.54 Å². The van der Waals surface area contributed by atoms with Crippen LogP contribution in [0.15, 0.2) is 30.3 Å². The molecule has 1 nitrogen and oxygen atoms in total. The molecule has 108 valence electrons. The maximum absolute atomic E-state index is 2.86. The molecule has 0 radical (unpaired) electrons. The van der Waals surface area contributed by atoms with Gasteiger partial charge in [0.25, 0.3) is 0 Å². The largest absolute Gasteiger partial charge is 0.291 e. The summed E-state index contributed by atoms with van der Waals surface area (Å²) < 4.78 is 0.836. The fourth-order valence-electron chi connectivity index (χ4n) is 4.23. The molecule has 2 bridgehead atoms. The van der Waals surface area contributed by atoms with Gasteiger partial charge in [-0.05, 0) is 48.7 Å². The molecule has 3 heteroatoms. The predicted molar refractivity (Wildman–Crippen MR) is 90.2 cm³/mol. The quantitative estimate of drug-likeness (QED) is 0.822. The molecule has 0 unspecified atom stereocenters. The standard InChI is InChI=1S/C17H23NS2/c1-2-5-13(6-3-1)12-18-15-8-7-14(11-15)16(18)17-19-9-4-10-20-17/h1-3,5-6,14-17H,4,7-12H2/t14-,15+,16-/m1/s1. The van der Waals surface area contributed by atoms with Crippen molar-refractivity contribution in [2.24, 2.45) is 5.92 Å². The molecule has 1 aliphatic carbocycles. The smallest absolute Gasteiger partial charge is 0.0660 e. The molecule has 0 spiro atoms. The van der Waals surface area contributed by atoms with Gasteiger partial charge in [-0.15, -0.1) is 23.5 Å². The lowest BCUT2D eigenvalue weighted by Gasteiger charge is -2.40. The van der Waals surface area contributed by atoms with Crippen LogP contribution in [0.2, 0.25) is 0 Å². The third kappa shape index (κ3) is 2.53. The Balaban J connectivity index is 1.53. The first-order chi connectivity index (χ1) is 9.92. The third-order valence-electron chi connectivity index (χ3n) is 5.12. The van der Waals surface area contributed by atoms with Gasteiger partial charge in [0.2, 0.25) is 0 Å². The summed E-state index contributed by atoms with van der Waals surface area (Å²) in [6.45, 7) is 1.17. The number of piperidine rings is 1. The first kappa shape index (κ1) is 13.5. The van der Waals surface area contributed by atoms with Gasteiger partial charge in [0.15, 0.2) is 0 Å². The summed E-state index contributed by atoms with van der Waals surface area (Å²) in [6.07, 6.45) is 5.80. The molecule has 2 aliphatic heterocycles. The lowest BCUT2D eigenvalue weighted by Crippen LogP contribution is -2.45. The topological polar surface area (TPSA) is 3.24 Å². The van der Waals surface area contributed by atoms with Crippen molar-refractivity contribution in [1.29, 1.82) is 0 Å². The van der Waals surface area contributed by atoms with E-state index in [4.69, 9.17) is 0 Å². The number of hydrogen-bond donors (Lipinski definition) is 0. The second-order valence-electron chi connectivity index (χ2n) is 6.34. The monoisotopic (exact) mass is 305 g/mol. The Kier molecular flexibility index (Phi) is 4.02. The van der Waals surface area contributed by atoms with Crippen molar-refractivity contribution in [3.05, 3.63) is 35.9 Å². The van der Waals surface area contributed by atoms with E-state index in [0.29, 0.717) is 0 Å². The lowest BCUT2D eigenvalue weighted by atomic mass is 9.99. The number of benzene rings is 1. The van der Waals surface area contributed by atoms with E-state index >= 15 is 0 Å². The molecule has 3 fully saturated rings. The third-order valence-corrected chi connectivity index (χ3v) is 8.20. The summed E-state index contributed by atoms with van der Waals surface area (Å²) in [4.78, 5) is 2.86. The maximum atomic E-state index is 2.86. The molecule has 1 saturated carbocycles. The highest BCUT2D eigenvalue weighted by Crippen LogP contribution is 2.50. The van der Waals surface area contributed by atoms with Gasteiger partial charge in [0, 0.05) is 18.6 Å². The Morgan fingerprint density at radius 1 is 1.05 bits per heavy atom. The molecule has 20 heavy (non-hydrogen) atoms. The van der Waals surface area contributed by atoms with Gasteiger partial charge in [-0.3, -0.25) is 4.90 Å². The molecule has 0 aromatic heterocycles. The fraction of sp³-hybridized carbons (Fsp3) is 0.647. The van der Waals surface area contributed by atoms with Crippen LogP contribution in [0.25, 0.3) is 0 Å². The minimum absolute atomic E-state index is 0.836. The molecule has 1 aromatic carbocycles. The number of rotatable bonds is 3. The van der Waals surface area contributed by atoms with Crippen LogP contribution in [0.3, 0.4) is 0 Å². The zero-order valence-electron chi connectivity index (χ0n) is 11.9. The van der Waals surface area contributed by atoms with Crippen molar-refractivity contribution in [3.63, 3.8) is 0 Å². The van der Waals surface area contributed by atoms with Crippen molar-refractivity contribution in [1.82, 2.24) is 4.90 Å². The SMILES string of the molecule is c1ccc(CN2[C@H]3CC[C@H](C3)[C@@H]2C2SCCCS2)cc1. The Bertz CT molecular complexity index is 444. The second-order valence-corrected chi connectivity index (χ2v) is 9.14. The molecule has 1 aromatic rings. The number of hydrogen-bond acceptors (Lipinski definition) is 3. The Labute approximate surface area is 130 Å². The fourth-order valence-corrected chi connectivity index (χ4v) is 7.61. The highest BCUT2D eigenvalue weighted by molar-refractivity contribution is 8.17. The van der Waals surface area contributed by atoms with E-state index in [2.05, 4.69) is 58.8 Å². The number of nitrogens with zero attached hydrogens (tertiary/aromatic N) is 1. The average molecular weight is 306 g/mol. The first-order valence-corrected chi connectivity index (χ1v) is 10.0. The number of thioether (sulfide) groups is 2. The van der Waals surface area contributed by atoms with E-state index < -0.39 is 0 Å². The molecule has 0 N–H and O–H groups in total. The second kappa shape index (κ2) is 5.94. The van der Waals surface area contributed by atoms with Gasteiger partial charge in [-0.2, -0.15) is 0 Å². The zero-order valence-corrected chi connectivity index (χ0v) is 13.5. The number of fused-ring (bicyclic) bond motifs is 2. The van der Waals surface area contributed by atoms with E-state index in [9.17, 15) is 0 Å². The van der Waals surface area contributed by atoms with Gasteiger partial charge in [-0.1, -0.05) is 30.3 Å². The number of likely N-dealkylation sites (tertiary alicyclic amines) is 1. The maximum Gasteiger partial charge on any atom is 0.0660 e. The minimum Gasteiger partial charge on any atom is -0.291 e. The van der Waals surface area contributed by atoms with Crippen LogP contribution in [0.1, 0.15) is 31.2 Å². The predicted octanol–water partition coefficient (Wildman–Crippen LogP) is 4.24. The van der Waals surface area contributed by atoms with Crippen LogP contribution in [0.5, 0.6) is 0 Å². The summed E-state index contributed by atoms with van der Waals surface area (Å²) >= 11 is 4.47. The molecule has 2 heterocycles. The van der Waals surface area contributed by atoms with Crippen molar-refractivity contribution in [2.75, 3.05) is 11.5 Å². The Morgan fingerprint density at radius 3 is 2.65 bits per heavy atom. The molecule has 4 rings (SSSR count). The summed E-state index contributed by atoms with van der Waals surface area (Å²) in [5.41, 5.74) is 1.50. The van der Waals surface area contributed by atoms with E-state index in [1.165, 1.54) is 49.3 Å². The zero-order chi connectivity index (χ0) is 13.4. The Hall–Kier alpha value is -0.120. The minimum atomic E-state index is 0.836. The van der Waals surface area contributed by atoms with Crippen molar-refractivity contribution in [3.8, 4) is 0 Å². The summed E-state index contributed by atoms with van der Waals surface area (Å²) in [5, 5.41) is 0. The van der Waals surface area contributed by atoms with Crippen LogP contribution in [0.4, 0.5) is 0 Å². The normalized spacial score (nSPS) is 34.7. The van der Waals surface area contributed by atoms with Gasteiger partial charge >= 0.3 is 0 Å². The van der Waals surface area contributed by atoms with Crippen LogP contribution < -0.4 is 0 Å². The van der Waals surface area contributed by atoms with Crippen LogP contribution in [-0.4, -0.2) is 33.1 Å². The summed E-state index contributed by atoms with van der Waals surface area (Å²) in [7, 11) is 0. The lowest BCUT2D eigenvalue weighted by molar-refractivity contribution is 0.140. The van der Waals surface area contributed by atoms with Crippen LogP contribution >= 0.6 is 23.5 Å². The van der Waals surface area contributed by atoms with E-state index in [1.807, 2.05) is 0 Å². The highest BCUT2D eigenvalue weighted by atomic mass is 32.2. The van der Waals surface area contributed by atoms with Gasteiger partial charge in [-0.25, -0.2) is 0 Å². The van der Waals surface area contributed by atoms with Crippen LogP contribution in [0, 0.1) is 5.92 Å². The van der Waals surface area contributed by atoms with E-state index in [1.54, 1.807) is 0 Å². The summed E-state index contributed by atoms with van der Waals surface area (Å²) in [6, 6.07) is 12.8. The molecular weight excluding hydrogens is 282 g/mol. The van der Waals surface area contributed by atoms with E-state index in [0.717, 1.165) is 22.6 Å². The highest BCUT2D eigenvalue weighted by Gasteiger charge is 2.49. The van der Waals surface area contributed by atoms with Crippen molar-refractivity contribution in [2.45, 2.75) is 48.9 Å². The Morgan fingerprint density at radius 2 is 1.85 bits per heavy atom. The summed E-state index contributed by atoms with van der Waals surface area (Å²) in [5.74, 6) is 3.74. The van der Waals surface area contributed by atoms with Gasteiger partial charge < -0.3 is 0 Å². The van der Waals surface area contributed by atoms with Crippen molar-refractivity contribution >= 4 is 23.5 Å². The molecule has 2 saturated heterocycles. The molecule has 3 atom stereocenters. The average Bonchev–Trinajstić information content (AvgIpc) is 3.10. The molecule has 3 aliphatic rings. The van der Waals surface area contributed by atoms with Gasteiger partial charge in [0.05, 0.1) is 4.58 Å². The molecular formula is C17H23NS2. The van der Waals surface area contributed by atoms with Gasteiger partial charge in [0.1, 0.15) is 0 Å².